The van der Waals surface area contributed by atoms with Gasteiger partial charge in [0.25, 0.3) is 0 Å². The number of hydrogen-bond donors (Lipinski definition) is 0. The molecule has 146 valence electrons. The van der Waals surface area contributed by atoms with Crippen LogP contribution in [0.15, 0.2) is 46.2 Å². The number of aryl methyl sites for hydroxylation is 1. The smallest absolute Gasteiger partial charge is 0.236 e. The van der Waals surface area contributed by atoms with Gasteiger partial charge in [-0.1, -0.05) is 44.2 Å². The standard InChI is InChI=1S/C23H26N2O2S/c1-15(2)18-8-6-17(7-9-18)14-25(19-10-11-19)22(26)13-20-16(3)27-23(24-20)21-5-4-12-28-21/h4-9,12,15,19H,10-11,13-14H2,1-3H3. The summed E-state index contributed by atoms with van der Waals surface area (Å²) in [5.74, 6) is 1.98. The molecular weight excluding hydrogens is 368 g/mol. The van der Waals surface area contributed by atoms with Gasteiger partial charge in [-0.2, -0.15) is 0 Å². The first-order chi connectivity index (χ1) is 13.5. The fourth-order valence-electron chi connectivity index (χ4n) is 3.35. The van der Waals surface area contributed by atoms with E-state index in [0.29, 0.717) is 30.8 Å². The maximum atomic E-state index is 13.1. The van der Waals surface area contributed by atoms with Crippen LogP contribution >= 0.6 is 11.3 Å². The second-order valence-corrected chi connectivity index (χ2v) is 8.77. The van der Waals surface area contributed by atoms with Gasteiger partial charge in [-0.15, -0.1) is 11.3 Å². The Hall–Kier alpha value is -2.40. The Labute approximate surface area is 170 Å². The van der Waals surface area contributed by atoms with Crippen molar-refractivity contribution in [3.8, 4) is 10.8 Å². The van der Waals surface area contributed by atoms with Crippen LogP contribution in [0.3, 0.4) is 0 Å². The van der Waals surface area contributed by atoms with Crippen LogP contribution < -0.4 is 0 Å². The van der Waals surface area contributed by atoms with Crippen molar-refractivity contribution in [2.75, 3.05) is 0 Å². The van der Waals surface area contributed by atoms with Crippen molar-refractivity contribution in [2.45, 2.75) is 58.5 Å². The predicted molar refractivity (Wildman–Crippen MR) is 112 cm³/mol. The molecule has 0 unspecified atom stereocenters. The Bertz CT molecular complexity index is 938. The van der Waals surface area contributed by atoms with Gasteiger partial charge in [0.15, 0.2) is 0 Å². The van der Waals surface area contributed by atoms with Crippen LogP contribution in [0.5, 0.6) is 0 Å². The number of aromatic nitrogens is 1. The van der Waals surface area contributed by atoms with E-state index < -0.39 is 0 Å². The fraction of sp³-hybridized carbons (Fsp3) is 0.391. The number of nitrogens with zero attached hydrogens (tertiary/aromatic N) is 2. The van der Waals surface area contributed by atoms with Gasteiger partial charge in [0.2, 0.25) is 11.8 Å². The Balaban J connectivity index is 1.47. The van der Waals surface area contributed by atoms with Crippen LogP contribution in [0, 0.1) is 6.92 Å². The van der Waals surface area contributed by atoms with E-state index in [1.807, 2.05) is 29.3 Å². The van der Waals surface area contributed by atoms with Gasteiger partial charge < -0.3 is 9.32 Å². The molecule has 1 saturated carbocycles. The number of rotatable bonds is 7. The summed E-state index contributed by atoms with van der Waals surface area (Å²) in [5.41, 5.74) is 3.25. The molecule has 0 atom stereocenters. The fourth-order valence-corrected chi connectivity index (χ4v) is 4.00. The summed E-state index contributed by atoms with van der Waals surface area (Å²) in [6.07, 6.45) is 2.48. The minimum Gasteiger partial charge on any atom is -0.440 e. The van der Waals surface area contributed by atoms with Gasteiger partial charge in [-0.25, -0.2) is 4.98 Å². The van der Waals surface area contributed by atoms with E-state index in [4.69, 9.17) is 4.42 Å². The molecule has 28 heavy (non-hydrogen) atoms. The Morgan fingerprint density at radius 1 is 1.25 bits per heavy atom. The molecule has 0 spiro atoms. The summed E-state index contributed by atoms with van der Waals surface area (Å²) < 4.78 is 5.80. The highest BCUT2D eigenvalue weighted by molar-refractivity contribution is 7.13. The van der Waals surface area contributed by atoms with E-state index in [1.54, 1.807) is 11.3 Å². The number of carbonyl (C=O) groups is 1. The third-order valence-electron chi connectivity index (χ3n) is 5.25. The lowest BCUT2D eigenvalue weighted by molar-refractivity contribution is -0.131. The molecule has 2 aromatic heterocycles. The molecular formula is C23H26N2O2S. The van der Waals surface area contributed by atoms with Gasteiger partial charge in [-0.05, 0) is 48.3 Å². The third-order valence-corrected chi connectivity index (χ3v) is 6.11. The highest BCUT2D eigenvalue weighted by Crippen LogP contribution is 2.30. The molecule has 1 aliphatic rings. The second kappa shape index (κ2) is 7.92. The lowest BCUT2D eigenvalue weighted by atomic mass is 10.0. The van der Waals surface area contributed by atoms with Crippen LogP contribution in [-0.2, 0) is 17.8 Å². The van der Waals surface area contributed by atoms with Crippen molar-refractivity contribution in [1.29, 1.82) is 0 Å². The third kappa shape index (κ3) is 4.20. The van der Waals surface area contributed by atoms with Crippen molar-refractivity contribution >= 4 is 17.2 Å². The molecule has 4 rings (SSSR count). The van der Waals surface area contributed by atoms with Crippen molar-refractivity contribution in [2.24, 2.45) is 0 Å². The highest BCUT2D eigenvalue weighted by Gasteiger charge is 2.33. The van der Waals surface area contributed by atoms with Crippen LogP contribution in [0.1, 0.15) is 55.2 Å². The molecule has 5 heteroatoms. The van der Waals surface area contributed by atoms with Crippen LogP contribution in [0.2, 0.25) is 0 Å². The molecule has 1 amide bonds. The quantitative estimate of drug-likeness (QED) is 0.526. The van der Waals surface area contributed by atoms with Gasteiger partial charge in [0.05, 0.1) is 17.0 Å². The summed E-state index contributed by atoms with van der Waals surface area (Å²) in [7, 11) is 0. The normalized spacial score (nSPS) is 13.9. The molecule has 0 bridgehead atoms. The van der Waals surface area contributed by atoms with E-state index in [-0.39, 0.29) is 5.91 Å². The number of thiophene rings is 1. The largest absolute Gasteiger partial charge is 0.440 e. The lowest BCUT2D eigenvalue weighted by Gasteiger charge is -2.22. The first kappa shape index (κ1) is 18.9. The molecule has 1 fully saturated rings. The molecule has 1 aliphatic carbocycles. The SMILES string of the molecule is Cc1oc(-c2cccs2)nc1CC(=O)N(Cc1ccc(C(C)C)cc1)C1CC1. The van der Waals surface area contributed by atoms with Crippen molar-refractivity contribution < 1.29 is 9.21 Å². The number of carbonyl (C=O) groups excluding carboxylic acids is 1. The number of benzene rings is 1. The van der Waals surface area contributed by atoms with Crippen LogP contribution in [0.25, 0.3) is 10.8 Å². The predicted octanol–water partition coefficient (Wildman–Crippen LogP) is 5.57. The first-order valence-corrected chi connectivity index (χ1v) is 10.8. The van der Waals surface area contributed by atoms with Crippen LogP contribution in [-0.4, -0.2) is 21.8 Å². The zero-order chi connectivity index (χ0) is 19.7. The average molecular weight is 395 g/mol. The number of oxazole rings is 1. The second-order valence-electron chi connectivity index (χ2n) is 7.83. The summed E-state index contributed by atoms with van der Waals surface area (Å²) >= 11 is 1.59. The molecule has 0 aliphatic heterocycles. The Kier molecular flexibility index (Phi) is 5.36. The zero-order valence-corrected chi connectivity index (χ0v) is 17.5. The molecule has 0 N–H and O–H groups in total. The van der Waals surface area contributed by atoms with Crippen LogP contribution in [0.4, 0.5) is 0 Å². The first-order valence-electron chi connectivity index (χ1n) is 9.89. The molecule has 0 saturated heterocycles. The molecule has 4 nitrogen and oxygen atoms in total. The Morgan fingerprint density at radius 3 is 2.61 bits per heavy atom. The molecule has 2 heterocycles. The molecule has 3 aromatic rings. The number of hydrogen-bond acceptors (Lipinski definition) is 4. The zero-order valence-electron chi connectivity index (χ0n) is 16.6. The van der Waals surface area contributed by atoms with Gasteiger partial charge in [0, 0.05) is 12.6 Å². The van der Waals surface area contributed by atoms with Crippen molar-refractivity contribution in [1.82, 2.24) is 9.88 Å². The van der Waals surface area contributed by atoms with Gasteiger partial charge >= 0.3 is 0 Å². The number of amides is 1. The van der Waals surface area contributed by atoms with Gasteiger partial charge in [0.1, 0.15) is 5.76 Å². The monoisotopic (exact) mass is 394 g/mol. The maximum Gasteiger partial charge on any atom is 0.236 e. The van der Waals surface area contributed by atoms with Crippen molar-refractivity contribution in [3.63, 3.8) is 0 Å². The minimum absolute atomic E-state index is 0.129. The Morgan fingerprint density at radius 2 is 2.00 bits per heavy atom. The van der Waals surface area contributed by atoms with E-state index >= 15 is 0 Å². The summed E-state index contributed by atoms with van der Waals surface area (Å²) in [6, 6.07) is 13.0. The summed E-state index contributed by atoms with van der Waals surface area (Å²) in [5, 5.41) is 2.00. The highest BCUT2D eigenvalue weighted by atomic mass is 32.1. The molecule has 1 aromatic carbocycles. The average Bonchev–Trinajstić information content (AvgIpc) is 3.23. The molecule has 0 radical (unpaired) electrons. The maximum absolute atomic E-state index is 13.1. The summed E-state index contributed by atoms with van der Waals surface area (Å²) in [4.78, 5) is 20.7. The van der Waals surface area contributed by atoms with Gasteiger partial charge in [-0.3, -0.25) is 4.79 Å². The lowest BCUT2D eigenvalue weighted by Crippen LogP contribution is -2.34. The topological polar surface area (TPSA) is 46.3 Å². The van der Waals surface area contributed by atoms with E-state index in [9.17, 15) is 4.79 Å². The minimum atomic E-state index is 0.129. The van der Waals surface area contributed by atoms with E-state index in [0.717, 1.165) is 29.2 Å². The summed E-state index contributed by atoms with van der Waals surface area (Å²) in [6.45, 7) is 6.94. The van der Waals surface area contributed by atoms with E-state index in [1.165, 1.54) is 11.1 Å². The van der Waals surface area contributed by atoms with Crippen molar-refractivity contribution in [3.05, 3.63) is 64.4 Å². The van der Waals surface area contributed by atoms with E-state index in [2.05, 4.69) is 43.1 Å².